The molecule has 1 aromatic rings. The summed E-state index contributed by atoms with van der Waals surface area (Å²) in [5.41, 5.74) is 1.27. The van der Waals surface area contributed by atoms with Crippen molar-refractivity contribution < 1.29 is 5.21 Å². The van der Waals surface area contributed by atoms with Gasteiger partial charge in [0.15, 0.2) is 0 Å². The molecular weight excluding hydrogens is 350 g/mol. The lowest BCUT2D eigenvalue weighted by Gasteiger charge is -2.36. The van der Waals surface area contributed by atoms with Crippen LogP contribution in [0.3, 0.4) is 0 Å². The number of hydrogen-bond donors (Lipinski definition) is 2. The summed E-state index contributed by atoms with van der Waals surface area (Å²) in [6.45, 7) is 11.7. The third-order valence-corrected chi connectivity index (χ3v) is 4.67. The summed E-state index contributed by atoms with van der Waals surface area (Å²) >= 11 is 5.85. The maximum atomic E-state index is 9.94. The summed E-state index contributed by atoms with van der Waals surface area (Å²) in [4.78, 5) is 8.47. The first-order chi connectivity index (χ1) is 12.2. The van der Waals surface area contributed by atoms with Gasteiger partial charge in [0.05, 0.1) is 6.54 Å². The van der Waals surface area contributed by atoms with Crippen LogP contribution in [0.5, 0.6) is 0 Å². The van der Waals surface area contributed by atoms with E-state index in [1.165, 1.54) is 12.8 Å². The van der Waals surface area contributed by atoms with Crippen LogP contribution in [0.25, 0.3) is 0 Å². The Labute approximate surface area is 161 Å². The summed E-state index contributed by atoms with van der Waals surface area (Å²) in [7, 11) is 0. The van der Waals surface area contributed by atoms with E-state index in [9.17, 15) is 5.21 Å². The Hall–Kier alpha value is -1.63. The van der Waals surface area contributed by atoms with Crippen molar-refractivity contribution >= 4 is 23.9 Å². The molecule has 0 atom stereocenters. The number of nitrogens with zero attached hydrogens (tertiary/aromatic N) is 4. The van der Waals surface area contributed by atoms with Gasteiger partial charge in [0, 0.05) is 31.2 Å². The molecular formula is C19H30ClN5O. The molecule has 1 aromatic carbocycles. The molecule has 144 valence electrons. The number of benzene rings is 1. The largest absolute Gasteiger partial charge is 0.339 e. The maximum Gasteiger partial charge on any atom is 0.219 e. The minimum atomic E-state index is 0.190. The highest BCUT2D eigenvalue weighted by Gasteiger charge is 2.20. The summed E-state index contributed by atoms with van der Waals surface area (Å²) in [5.74, 6) is 0.190. The fourth-order valence-corrected chi connectivity index (χ4v) is 2.82. The van der Waals surface area contributed by atoms with E-state index >= 15 is 0 Å². The first-order valence-corrected chi connectivity index (χ1v) is 9.41. The molecule has 0 amide bonds. The topological polar surface area (TPSA) is 66.2 Å². The molecule has 6 nitrogen and oxygen atoms in total. The second-order valence-electron chi connectivity index (χ2n) is 7.93. The first-order valence-electron chi connectivity index (χ1n) is 9.03. The highest BCUT2D eigenvalue weighted by molar-refractivity contribution is 6.30. The number of halogens is 1. The number of nitrogens with one attached hydrogen (secondary N) is 1. The molecule has 0 radical (unpaired) electrons. The van der Waals surface area contributed by atoms with Crippen molar-refractivity contribution in [2.75, 3.05) is 32.7 Å². The van der Waals surface area contributed by atoms with Gasteiger partial charge in [-0.25, -0.2) is 10.1 Å². The van der Waals surface area contributed by atoms with Crippen LogP contribution >= 0.6 is 11.6 Å². The summed E-state index contributed by atoms with van der Waals surface area (Å²) < 4.78 is 0. The monoisotopic (exact) mass is 379 g/mol. The van der Waals surface area contributed by atoms with E-state index in [0.717, 1.165) is 43.4 Å². The van der Waals surface area contributed by atoms with Crippen molar-refractivity contribution in [2.24, 2.45) is 10.4 Å². The van der Waals surface area contributed by atoms with Gasteiger partial charge >= 0.3 is 0 Å². The molecule has 2 rings (SSSR count). The highest BCUT2D eigenvalue weighted by atomic mass is 35.5. The fourth-order valence-electron chi connectivity index (χ4n) is 2.70. The standard InChI is InChI=1S/C19H30ClN5O/c1-19(2,3)8-9-23-10-12-24(13-11-23)18(21)22-15-25(26)14-16-4-6-17(20)7-5-16/h4-7,15,21,26H,8-14H2,1-3H3/b21-18?,22-15-. The van der Waals surface area contributed by atoms with Crippen LogP contribution in [0.15, 0.2) is 29.3 Å². The van der Waals surface area contributed by atoms with Crippen LogP contribution in [0.2, 0.25) is 5.02 Å². The van der Waals surface area contributed by atoms with Gasteiger partial charge in [0.2, 0.25) is 5.96 Å². The summed E-state index contributed by atoms with van der Waals surface area (Å²) in [5, 5.41) is 19.7. The van der Waals surface area contributed by atoms with Crippen molar-refractivity contribution in [2.45, 2.75) is 33.7 Å². The van der Waals surface area contributed by atoms with E-state index in [0.29, 0.717) is 17.0 Å². The predicted molar refractivity (Wildman–Crippen MR) is 107 cm³/mol. The fraction of sp³-hybridized carbons (Fsp3) is 0.579. The van der Waals surface area contributed by atoms with Crippen LogP contribution in [0.1, 0.15) is 32.8 Å². The van der Waals surface area contributed by atoms with Gasteiger partial charge in [-0.1, -0.05) is 44.5 Å². The smallest absolute Gasteiger partial charge is 0.219 e. The molecule has 0 unspecified atom stereocenters. The number of guanidine groups is 1. The van der Waals surface area contributed by atoms with Gasteiger partial charge in [-0.15, -0.1) is 0 Å². The minimum Gasteiger partial charge on any atom is -0.339 e. The molecule has 2 N–H and O–H groups in total. The average Bonchev–Trinajstić information content (AvgIpc) is 2.60. The zero-order valence-corrected chi connectivity index (χ0v) is 16.7. The number of aliphatic imine (C=N–C) groups is 1. The molecule has 1 saturated heterocycles. The Morgan fingerprint density at radius 3 is 2.42 bits per heavy atom. The third-order valence-electron chi connectivity index (χ3n) is 4.42. The molecule has 0 bridgehead atoms. The molecule has 7 heteroatoms. The minimum absolute atomic E-state index is 0.190. The lowest BCUT2D eigenvalue weighted by molar-refractivity contribution is -0.0164. The van der Waals surface area contributed by atoms with Crippen LogP contribution < -0.4 is 0 Å². The Kier molecular flexibility index (Phi) is 7.43. The van der Waals surface area contributed by atoms with Gasteiger partial charge < -0.3 is 4.90 Å². The normalized spacial score (nSPS) is 16.3. The van der Waals surface area contributed by atoms with Crippen molar-refractivity contribution in [1.82, 2.24) is 14.9 Å². The third kappa shape index (κ3) is 7.32. The van der Waals surface area contributed by atoms with E-state index in [1.54, 1.807) is 12.1 Å². The molecule has 1 aliphatic heterocycles. The second-order valence-corrected chi connectivity index (χ2v) is 8.37. The second kappa shape index (κ2) is 9.35. The zero-order valence-electron chi connectivity index (χ0n) is 16.0. The number of rotatable bonds is 5. The van der Waals surface area contributed by atoms with E-state index in [1.807, 2.05) is 17.0 Å². The van der Waals surface area contributed by atoms with E-state index in [-0.39, 0.29) is 5.96 Å². The van der Waals surface area contributed by atoms with Crippen LogP contribution in [-0.2, 0) is 6.54 Å². The number of hydroxylamine groups is 2. The molecule has 26 heavy (non-hydrogen) atoms. The average molecular weight is 380 g/mol. The molecule has 0 spiro atoms. The van der Waals surface area contributed by atoms with Crippen molar-refractivity contribution in [3.63, 3.8) is 0 Å². The summed E-state index contributed by atoms with van der Waals surface area (Å²) in [6, 6.07) is 7.26. The molecule has 0 aliphatic carbocycles. The first kappa shape index (κ1) is 20.7. The van der Waals surface area contributed by atoms with Crippen molar-refractivity contribution in [1.29, 1.82) is 5.41 Å². The number of piperazine rings is 1. The number of hydrogen-bond acceptors (Lipinski definition) is 3. The van der Waals surface area contributed by atoms with Gasteiger partial charge in [-0.05, 0) is 36.1 Å². The SMILES string of the molecule is CC(C)(C)CCN1CCN(C(=N)/N=C\N(O)Cc2ccc(Cl)cc2)CC1. The van der Waals surface area contributed by atoms with Gasteiger partial charge in [-0.2, -0.15) is 0 Å². The lowest BCUT2D eigenvalue weighted by atomic mass is 9.92. The maximum absolute atomic E-state index is 9.94. The quantitative estimate of drug-likeness (QED) is 0.466. The molecule has 1 aliphatic rings. The Morgan fingerprint density at radius 2 is 1.85 bits per heavy atom. The summed E-state index contributed by atoms with van der Waals surface area (Å²) in [6.07, 6.45) is 2.47. The van der Waals surface area contributed by atoms with Crippen molar-refractivity contribution in [3.05, 3.63) is 34.9 Å². The van der Waals surface area contributed by atoms with Gasteiger partial charge in [0.1, 0.15) is 6.34 Å². The van der Waals surface area contributed by atoms with E-state index in [4.69, 9.17) is 17.0 Å². The Bertz CT molecular complexity index is 603. The van der Waals surface area contributed by atoms with Crippen LogP contribution in [0, 0.1) is 10.8 Å². The predicted octanol–water partition coefficient (Wildman–Crippen LogP) is 3.55. The van der Waals surface area contributed by atoms with Gasteiger partial charge in [-0.3, -0.25) is 15.5 Å². The Balaban J connectivity index is 1.74. The molecule has 1 heterocycles. The van der Waals surface area contributed by atoms with E-state index < -0.39 is 0 Å². The molecule has 0 saturated carbocycles. The lowest BCUT2D eigenvalue weighted by Crippen LogP contribution is -2.48. The Morgan fingerprint density at radius 1 is 1.23 bits per heavy atom. The zero-order chi connectivity index (χ0) is 19.2. The van der Waals surface area contributed by atoms with Crippen molar-refractivity contribution in [3.8, 4) is 0 Å². The van der Waals surface area contributed by atoms with Gasteiger partial charge in [0.25, 0.3) is 0 Å². The molecule has 0 aromatic heterocycles. The highest BCUT2D eigenvalue weighted by Crippen LogP contribution is 2.19. The van der Waals surface area contributed by atoms with Crippen LogP contribution in [0.4, 0.5) is 0 Å². The van der Waals surface area contributed by atoms with Crippen LogP contribution in [-0.4, -0.2) is 65.1 Å². The van der Waals surface area contributed by atoms with E-state index in [2.05, 4.69) is 30.7 Å². The molecule has 1 fully saturated rings.